The molecule has 1 heterocycles. The van der Waals surface area contributed by atoms with Crippen molar-refractivity contribution in [1.82, 2.24) is 10.6 Å². The molecule has 3 heteroatoms. The highest BCUT2D eigenvalue weighted by Gasteiger charge is 2.53. The van der Waals surface area contributed by atoms with Crippen LogP contribution in [0.15, 0.2) is 168 Å². The van der Waals surface area contributed by atoms with Gasteiger partial charge in [-0.3, -0.25) is 5.32 Å². The van der Waals surface area contributed by atoms with Gasteiger partial charge in [-0.05, 0) is 92.5 Å². The molecule has 3 nitrogen and oxygen atoms in total. The zero-order chi connectivity index (χ0) is 38.1. The number of amidine groups is 1. The maximum absolute atomic E-state index is 5.23. The number of hydrogen-bond donors (Lipinski definition) is 2. The second-order valence-corrected chi connectivity index (χ2v) is 17.9. The minimum atomic E-state index is -0.179. The average Bonchev–Trinajstić information content (AvgIpc) is 3.66. The zero-order valence-corrected chi connectivity index (χ0v) is 33.1. The van der Waals surface area contributed by atoms with Crippen LogP contribution in [0.25, 0.3) is 11.1 Å². The first kappa shape index (κ1) is 34.7. The Bertz CT molecular complexity index is 2530. The molecule has 11 rings (SSSR count). The van der Waals surface area contributed by atoms with Gasteiger partial charge in [0, 0.05) is 28.2 Å². The molecule has 1 spiro atoms. The number of hydrogen-bond acceptors (Lipinski definition) is 3. The van der Waals surface area contributed by atoms with E-state index in [2.05, 4.69) is 182 Å². The fourth-order valence-electron chi connectivity index (χ4n) is 11.5. The molecule has 1 fully saturated rings. The van der Waals surface area contributed by atoms with Crippen LogP contribution in [-0.4, -0.2) is 5.84 Å². The van der Waals surface area contributed by atoms with Crippen LogP contribution in [0.4, 0.5) is 0 Å². The van der Waals surface area contributed by atoms with Crippen molar-refractivity contribution in [1.29, 1.82) is 0 Å². The van der Waals surface area contributed by atoms with E-state index in [9.17, 15) is 0 Å². The number of nitrogens with one attached hydrogen (secondary N) is 2. The Morgan fingerprint density at radius 2 is 1.42 bits per heavy atom. The van der Waals surface area contributed by atoms with E-state index in [1.54, 1.807) is 16.7 Å². The van der Waals surface area contributed by atoms with Crippen molar-refractivity contribution in [3.63, 3.8) is 0 Å². The SMILES string of the molecule is CC1(C)C2=CC3C(C=C2c2ccc(C4=CC=CC(c5cccc(C6N=C(c7ccccc7)NC(c7ccccc7)N6)c5)C4)cc21)c1ccccc1C31CCCCC1. The van der Waals surface area contributed by atoms with Crippen LogP contribution >= 0.6 is 0 Å². The third-order valence-electron chi connectivity index (χ3n) is 14.4. The summed E-state index contributed by atoms with van der Waals surface area (Å²) in [5.41, 5.74) is 17.0. The summed E-state index contributed by atoms with van der Waals surface area (Å²) in [6, 6.07) is 47.0. The number of aliphatic imine (C=N–C) groups is 1. The van der Waals surface area contributed by atoms with Crippen molar-refractivity contribution in [2.75, 3.05) is 0 Å². The van der Waals surface area contributed by atoms with Crippen LogP contribution in [0.3, 0.4) is 0 Å². The summed E-state index contributed by atoms with van der Waals surface area (Å²) in [7, 11) is 0. The van der Waals surface area contributed by atoms with Crippen molar-refractivity contribution in [2.24, 2.45) is 10.9 Å². The van der Waals surface area contributed by atoms with Gasteiger partial charge in [0.05, 0.1) is 0 Å². The molecule has 0 radical (unpaired) electrons. The summed E-state index contributed by atoms with van der Waals surface area (Å²) in [5.74, 6) is 2.23. The van der Waals surface area contributed by atoms with E-state index in [-0.39, 0.29) is 23.7 Å². The van der Waals surface area contributed by atoms with E-state index in [4.69, 9.17) is 4.99 Å². The van der Waals surface area contributed by atoms with Crippen molar-refractivity contribution in [2.45, 2.75) is 87.4 Å². The number of allylic oxidation sites excluding steroid dienone is 8. The normalized spacial score (nSPS) is 26.2. The van der Waals surface area contributed by atoms with Crippen molar-refractivity contribution in [3.8, 4) is 0 Å². The van der Waals surface area contributed by atoms with Crippen LogP contribution in [0, 0.1) is 5.92 Å². The number of fused-ring (bicyclic) bond motifs is 8. The van der Waals surface area contributed by atoms with Gasteiger partial charge in [-0.25, -0.2) is 4.99 Å². The van der Waals surface area contributed by atoms with Crippen LogP contribution in [-0.2, 0) is 10.8 Å². The Hall–Kier alpha value is -5.51. The molecule has 5 aliphatic carbocycles. The van der Waals surface area contributed by atoms with E-state index in [0.717, 1.165) is 17.8 Å². The van der Waals surface area contributed by atoms with Gasteiger partial charge in [-0.1, -0.05) is 185 Å². The summed E-state index contributed by atoms with van der Waals surface area (Å²) in [4.78, 5) is 5.23. The van der Waals surface area contributed by atoms with Gasteiger partial charge in [-0.2, -0.15) is 0 Å². The summed E-state index contributed by atoms with van der Waals surface area (Å²) >= 11 is 0. The smallest absolute Gasteiger partial charge is 0.131 e. The summed E-state index contributed by atoms with van der Waals surface area (Å²) < 4.78 is 0. The third-order valence-corrected chi connectivity index (χ3v) is 14.4. The Labute approximate surface area is 338 Å². The summed E-state index contributed by atoms with van der Waals surface area (Å²) in [6.45, 7) is 4.95. The first-order chi connectivity index (χ1) is 28.0. The third kappa shape index (κ3) is 5.69. The van der Waals surface area contributed by atoms with Gasteiger partial charge in [0.2, 0.25) is 0 Å². The van der Waals surface area contributed by atoms with Gasteiger partial charge in [0.15, 0.2) is 0 Å². The van der Waals surface area contributed by atoms with Crippen LogP contribution in [0.5, 0.6) is 0 Å². The summed E-state index contributed by atoms with van der Waals surface area (Å²) in [5, 5.41) is 7.47. The second-order valence-electron chi connectivity index (χ2n) is 17.9. The molecule has 0 bridgehead atoms. The monoisotopic (exact) mass is 741 g/mol. The molecule has 0 aromatic heterocycles. The number of nitrogens with zero attached hydrogens (tertiary/aromatic N) is 1. The highest BCUT2D eigenvalue weighted by Crippen LogP contribution is 2.64. The first-order valence-corrected chi connectivity index (χ1v) is 21.3. The lowest BCUT2D eigenvalue weighted by Gasteiger charge is -2.42. The first-order valence-electron chi connectivity index (χ1n) is 21.3. The lowest BCUT2D eigenvalue weighted by Crippen LogP contribution is -2.44. The minimum Gasteiger partial charge on any atom is -0.350 e. The predicted molar refractivity (Wildman–Crippen MR) is 235 cm³/mol. The lowest BCUT2D eigenvalue weighted by atomic mass is 9.62. The Balaban J connectivity index is 0.884. The number of benzene rings is 5. The molecule has 2 N–H and O–H groups in total. The van der Waals surface area contributed by atoms with E-state index >= 15 is 0 Å². The maximum atomic E-state index is 5.23. The van der Waals surface area contributed by atoms with Gasteiger partial charge >= 0.3 is 0 Å². The molecule has 1 saturated carbocycles. The average molecular weight is 742 g/mol. The van der Waals surface area contributed by atoms with Crippen molar-refractivity contribution in [3.05, 3.63) is 213 Å². The van der Waals surface area contributed by atoms with Gasteiger partial charge < -0.3 is 5.32 Å². The fourth-order valence-corrected chi connectivity index (χ4v) is 11.5. The minimum absolute atomic E-state index is 0.0375. The van der Waals surface area contributed by atoms with Crippen LogP contribution < -0.4 is 10.6 Å². The standard InChI is InChI=1S/C54H51N3/c1-53(2)47-32-40(26-27-43(47)44-33-45-42-24-10-11-25-46(42)54(28-12-5-13-29-54)49(45)34-48(44)53)38-21-14-20-37(30-38)39-22-15-23-41(31-39)52-56-50(35-16-6-3-7-17-35)55-51(57-52)36-18-8-4-9-19-36/h3-4,6-11,14-27,31-34,37,45,49-50,52,56H,5,12-13,28-30H2,1-2H3,(H,55,57). The predicted octanol–water partition coefficient (Wildman–Crippen LogP) is 12.4. The Morgan fingerprint density at radius 3 is 2.26 bits per heavy atom. The Morgan fingerprint density at radius 1 is 0.667 bits per heavy atom. The van der Waals surface area contributed by atoms with E-state index in [1.807, 2.05) is 0 Å². The molecule has 1 aliphatic heterocycles. The summed E-state index contributed by atoms with van der Waals surface area (Å²) in [6.07, 6.45) is 19.9. The molecule has 0 amide bonds. The van der Waals surface area contributed by atoms with E-state index < -0.39 is 0 Å². The largest absolute Gasteiger partial charge is 0.350 e. The van der Waals surface area contributed by atoms with Crippen LogP contribution in [0.2, 0.25) is 0 Å². The molecular weight excluding hydrogens is 691 g/mol. The second kappa shape index (κ2) is 13.6. The quantitative estimate of drug-likeness (QED) is 0.188. The molecule has 6 aliphatic rings. The fraction of sp³-hybridized carbons (Fsp3) is 0.278. The van der Waals surface area contributed by atoms with Gasteiger partial charge in [-0.15, -0.1) is 0 Å². The highest BCUT2D eigenvalue weighted by molar-refractivity contribution is 5.99. The molecule has 5 aromatic carbocycles. The maximum Gasteiger partial charge on any atom is 0.131 e. The molecule has 282 valence electrons. The molecular formula is C54H51N3. The molecule has 5 unspecified atom stereocenters. The highest BCUT2D eigenvalue weighted by atomic mass is 15.3. The topological polar surface area (TPSA) is 36.4 Å². The molecule has 0 saturated heterocycles. The molecule has 57 heavy (non-hydrogen) atoms. The zero-order valence-electron chi connectivity index (χ0n) is 33.1. The number of rotatable bonds is 5. The van der Waals surface area contributed by atoms with Gasteiger partial charge in [0.25, 0.3) is 0 Å². The van der Waals surface area contributed by atoms with E-state index in [1.165, 1.54) is 76.6 Å². The van der Waals surface area contributed by atoms with E-state index in [0.29, 0.717) is 17.3 Å². The van der Waals surface area contributed by atoms with Crippen molar-refractivity contribution < 1.29 is 0 Å². The Kier molecular flexibility index (Phi) is 8.26. The lowest BCUT2D eigenvalue weighted by molar-refractivity contribution is 0.232. The molecule has 5 aromatic rings. The van der Waals surface area contributed by atoms with Crippen molar-refractivity contribution >= 4 is 17.0 Å². The van der Waals surface area contributed by atoms with Crippen LogP contribution in [0.1, 0.15) is 127 Å². The molecule has 5 atom stereocenters. The van der Waals surface area contributed by atoms with Gasteiger partial charge in [0.1, 0.15) is 18.2 Å².